The molecule has 0 radical (unpaired) electrons. The lowest BCUT2D eigenvalue weighted by Crippen LogP contribution is -2.13. The smallest absolute Gasteiger partial charge is 0.137 e. The number of hydrogen-bond acceptors (Lipinski definition) is 2. The zero-order chi connectivity index (χ0) is 14.8. The van der Waals surface area contributed by atoms with E-state index >= 15 is 0 Å². The normalized spacial score (nSPS) is 15.6. The quantitative estimate of drug-likeness (QED) is 0.804. The molecule has 0 spiro atoms. The van der Waals surface area contributed by atoms with Gasteiger partial charge in [0, 0.05) is 5.69 Å². The van der Waals surface area contributed by atoms with Gasteiger partial charge in [-0.25, -0.2) is 4.39 Å². The molecule has 4 heteroatoms. The van der Waals surface area contributed by atoms with Crippen LogP contribution in [-0.2, 0) is 0 Å². The van der Waals surface area contributed by atoms with Crippen LogP contribution in [-0.4, -0.2) is 7.11 Å². The molecule has 2 aromatic rings. The van der Waals surface area contributed by atoms with Gasteiger partial charge in [0.2, 0.25) is 0 Å². The van der Waals surface area contributed by atoms with Crippen LogP contribution in [0, 0.1) is 11.7 Å². The highest BCUT2D eigenvalue weighted by molar-refractivity contribution is 9.10. The van der Waals surface area contributed by atoms with E-state index in [2.05, 4.69) is 33.4 Å². The van der Waals surface area contributed by atoms with Gasteiger partial charge in [-0.05, 0) is 70.6 Å². The van der Waals surface area contributed by atoms with Gasteiger partial charge in [0.1, 0.15) is 11.6 Å². The van der Waals surface area contributed by atoms with E-state index in [1.807, 2.05) is 12.1 Å². The van der Waals surface area contributed by atoms with E-state index < -0.39 is 0 Å². The molecule has 0 heterocycles. The Balaban J connectivity index is 1.82. The molecule has 1 fully saturated rings. The molecule has 1 aliphatic carbocycles. The summed E-state index contributed by atoms with van der Waals surface area (Å²) >= 11 is 3.23. The molecule has 1 aliphatic rings. The highest BCUT2D eigenvalue weighted by Gasteiger charge is 2.32. The van der Waals surface area contributed by atoms with Crippen LogP contribution in [0.4, 0.5) is 10.1 Å². The lowest BCUT2D eigenvalue weighted by atomic mass is 10.0. The van der Waals surface area contributed by atoms with E-state index in [1.165, 1.54) is 24.5 Å². The maximum atomic E-state index is 13.3. The van der Waals surface area contributed by atoms with E-state index in [0.29, 0.717) is 10.4 Å². The van der Waals surface area contributed by atoms with Gasteiger partial charge in [-0.15, -0.1) is 0 Å². The maximum Gasteiger partial charge on any atom is 0.137 e. The molecule has 1 atom stereocenters. The topological polar surface area (TPSA) is 21.3 Å². The second-order valence-corrected chi connectivity index (χ2v) is 6.22. The first kappa shape index (κ1) is 14.4. The molecule has 21 heavy (non-hydrogen) atoms. The molecule has 110 valence electrons. The molecule has 1 saturated carbocycles. The van der Waals surface area contributed by atoms with Gasteiger partial charge >= 0.3 is 0 Å². The van der Waals surface area contributed by atoms with Crippen LogP contribution < -0.4 is 10.1 Å². The Kier molecular flexibility index (Phi) is 4.15. The Hall–Kier alpha value is -1.55. The Bertz CT molecular complexity index is 625. The third-order valence-corrected chi connectivity index (χ3v) is 4.42. The molecule has 0 aliphatic heterocycles. The molecule has 0 aromatic heterocycles. The van der Waals surface area contributed by atoms with Crippen molar-refractivity contribution in [1.29, 1.82) is 0 Å². The number of rotatable bonds is 5. The fourth-order valence-corrected chi connectivity index (χ4v) is 2.86. The molecule has 0 saturated heterocycles. The van der Waals surface area contributed by atoms with Gasteiger partial charge in [-0.2, -0.15) is 0 Å². The van der Waals surface area contributed by atoms with Crippen LogP contribution in [0.3, 0.4) is 0 Å². The van der Waals surface area contributed by atoms with Crippen molar-refractivity contribution in [2.24, 2.45) is 5.92 Å². The first-order valence-electron chi connectivity index (χ1n) is 7.03. The number of ether oxygens (including phenoxy) is 1. The summed E-state index contributed by atoms with van der Waals surface area (Å²) in [6, 6.07) is 13.4. The highest BCUT2D eigenvalue weighted by Crippen LogP contribution is 2.43. The summed E-state index contributed by atoms with van der Waals surface area (Å²) in [4.78, 5) is 0. The van der Waals surface area contributed by atoms with Crippen LogP contribution in [0.1, 0.15) is 24.4 Å². The Morgan fingerprint density at radius 3 is 2.48 bits per heavy atom. The van der Waals surface area contributed by atoms with Gasteiger partial charge in [0.15, 0.2) is 0 Å². The SMILES string of the molecule is COc1ccc(C(Nc2ccc(F)c(Br)c2)C2CC2)cc1. The van der Waals surface area contributed by atoms with E-state index in [9.17, 15) is 4.39 Å². The Morgan fingerprint density at radius 2 is 1.90 bits per heavy atom. The first-order valence-corrected chi connectivity index (χ1v) is 7.82. The molecule has 2 aromatic carbocycles. The number of benzene rings is 2. The largest absolute Gasteiger partial charge is 0.497 e. The molecular weight excluding hydrogens is 333 g/mol. The predicted molar refractivity (Wildman–Crippen MR) is 86.2 cm³/mol. The maximum absolute atomic E-state index is 13.3. The average molecular weight is 350 g/mol. The predicted octanol–water partition coefficient (Wildman–Crippen LogP) is 5.16. The number of nitrogens with one attached hydrogen (secondary N) is 1. The van der Waals surface area contributed by atoms with Gasteiger partial charge in [-0.1, -0.05) is 12.1 Å². The summed E-state index contributed by atoms with van der Waals surface area (Å²) in [5, 5.41) is 3.53. The summed E-state index contributed by atoms with van der Waals surface area (Å²) in [5.41, 5.74) is 2.16. The number of methoxy groups -OCH3 is 1. The Morgan fingerprint density at radius 1 is 1.19 bits per heavy atom. The number of hydrogen-bond donors (Lipinski definition) is 1. The first-order chi connectivity index (χ1) is 10.2. The summed E-state index contributed by atoms with van der Waals surface area (Å²) in [6.45, 7) is 0. The van der Waals surface area contributed by atoms with Crippen molar-refractivity contribution >= 4 is 21.6 Å². The minimum absolute atomic E-state index is 0.243. The standard InChI is InChI=1S/C17H17BrFNO/c1-21-14-7-4-12(5-8-14)17(11-2-3-11)20-13-6-9-16(19)15(18)10-13/h4-11,17,20H,2-3H2,1H3. The monoisotopic (exact) mass is 349 g/mol. The summed E-state index contributed by atoms with van der Waals surface area (Å²) in [5.74, 6) is 1.26. The van der Waals surface area contributed by atoms with Gasteiger partial charge in [0.25, 0.3) is 0 Å². The zero-order valence-electron chi connectivity index (χ0n) is 11.8. The number of halogens is 2. The van der Waals surface area contributed by atoms with Crippen molar-refractivity contribution in [3.63, 3.8) is 0 Å². The van der Waals surface area contributed by atoms with Gasteiger partial charge < -0.3 is 10.1 Å². The second kappa shape index (κ2) is 6.06. The second-order valence-electron chi connectivity index (χ2n) is 5.36. The molecule has 0 amide bonds. The van der Waals surface area contributed by atoms with E-state index in [0.717, 1.165) is 11.4 Å². The average Bonchev–Trinajstić information content (AvgIpc) is 3.33. The third-order valence-electron chi connectivity index (χ3n) is 3.81. The van der Waals surface area contributed by atoms with Crippen LogP contribution >= 0.6 is 15.9 Å². The summed E-state index contributed by atoms with van der Waals surface area (Å²) < 4.78 is 19.0. The summed E-state index contributed by atoms with van der Waals surface area (Å²) in [6.07, 6.45) is 2.46. The summed E-state index contributed by atoms with van der Waals surface area (Å²) in [7, 11) is 1.67. The molecular formula is C17H17BrFNO. The number of anilines is 1. The van der Waals surface area contributed by atoms with Crippen LogP contribution in [0.15, 0.2) is 46.9 Å². The van der Waals surface area contributed by atoms with Crippen molar-refractivity contribution < 1.29 is 9.13 Å². The lowest BCUT2D eigenvalue weighted by Gasteiger charge is -2.20. The molecule has 1 N–H and O–H groups in total. The van der Waals surface area contributed by atoms with Crippen molar-refractivity contribution in [1.82, 2.24) is 0 Å². The van der Waals surface area contributed by atoms with Crippen molar-refractivity contribution in [2.75, 3.05) is 12.4 Å². The van der Waals surface area contributed by atoms with Gasteiger partial charge in [0.05, 0.1) is 17.6 Å². The molecule has 0 bridgehead atoms. The van der Waals surface area contributed by atoms with Crippen molar-refractivity contribution in [2.45, 2.75) is 18.9 Å². The minimum Gasteiger partial charge on any atom is -0.497 e. The highest BCUT2D eigenvalue weighted by atomic mass is 79.9. The molecule has 1 unspecified atom stereocenters. The van der Waals surface area contributed by atoms with Crippen molar-refractivity contribution in [3.05, 3.63) is 58.3 Å². The molecule has 3 rings (SSSR count). The van der Waals surface area contributed by atoms with E-state index in [-0.39, 0.29) is 11.9 Å². The zero-order valence-corrected chi connectivity index (χ0v) is 13.4. The van der Waals surface area contributed by atoms with Crippen LogP contribution in [0.2, 0.25) is 0 Å². The Labute approximate surface area is 132 Å². The van der Waals surface area contributed by atoms with Crippen molar-refractivity contribution in [3.8, 4) is 5.75 Å². The minimum atomic E-state index is -0.243. The van der Waals surface area contributed by atoms with Gasteiger partial charge in [-0.3, -0.25) is 0 Å². The third kappa shape index (κ3) is 3.38. The van der Waals surface area contributed by atoms with Crippen LogP contribution in [0.25, 0.3) is 0 Å². The lowest BCUT2D eigenvalue weighted by molar-refractivity contribution is 0.414. The van der Waals surface area contributed by atoms with E-state index in [4.69, 9.17) is 4.74 Å². The molecule has 2 nitrogen and oxygen atoms in total. The fourth-order valence-electron chi connectivity index (χ4n) is 2.48. The van der Waals surface area contributed by atoms with E-state index in [1.54, 1.807) is 19.2 Å². The fraction of sp³-hybridized carbons (Fsp3) is 0.294. The van der Waals surface area contributed by atoms with Crippen LogP contribution in [0.5, 0.6) is 5.75 Å².